The first-order valence-corrected chi connectivity index (χ1v) is 13.3. The van der Waals surface area contributed by atoms with Crippen LogP contribution in [-0.4, -0.2) is 48.9 Å². The highest BCUT2D eigenvalue weighted by Crippen LogP contribution is 2.54. The molecule has 4 N–H and O–H groups in total. The zero-order chi connectivity index (χ0) is 30.5. The molecule has 42 heavy (non-hydrogen) atoms. The standard InChI is InChI=1S/C28H23Cl2FN4O7/c1-41-22-10-14(18(32)9-15(22)26(37)42-2)21(36)11-20-25(35(39)40)23(13-4-3-5-17(30)24(13)31)28(34-20)16-7-6-12(29)8-19(16)33-27(28)38/h3-10,20,23,25,34H,11,32H2,1-2H3,(H,33,38)/t20-,23-,25+,28+/m0/s1. The minimum absolute atomic E-state index is 0.000861. The average molecular weight is 617 g/mol. The number of benzene rings is 3. The van der Waals surface area contributed by atoms with Crippen LogP contribution in [0, 0.1) is 15.9 Å². The second-order valence-corrected chi connectivity index (χ2v) is 10.7. The summed E-state index contributed by atoms with van der Waals surface area (Å²) in [5.41, 5.74) is 4.46. The van der Waals surface area contributed by atoms with Crippen molar-refractivity contribution in [3.8, 4) is 5.75 Å². The molecule has 0 unspecified atom stereocenters. The number of methoxy groups -OCH3 is 2. The van der Waals surface area contributed by atoms with Crippen LogP contribution >= 0.6 is 23.2 Å². The lowest BCUT2D eigenvalue weighted by Gasteiger charge is -2.30. The fraction of sp³-hybridized carbons (Fsp3) is 0.250. The second-order valence-electron chi connectivity index (χ2n) is 9.86. The molecule has 0 radical (unpaired) electrons. The number of esters is 1. The molecule has 5 rings (SSSR count). The van der Waals surface area contributed by atoms with Gasteiger partial charge >= 0.3 is 5.97 Å². The molecule has 0 aliphatic carbocycles. The first-order valence-electron chi connectivity index (χ1n) is 12.5. The van der Waals surface area contributed by atoms with E-state index in [-0.39, 0.29) is 38.8 Å². The summed E-state index contributed by atoms with van der Waals surface area (Å²) in [6, 6.07) is 8.03. The van der Waals surface area contributed by atoms with Gasteiger partial charge in [-0.2, -0.15) is 0 Å². The number of halogens is 3. The number of anilines is 2. The van der Waals surface area contributed by atoms with E-state index < -0.39 is 58.4 Å². The van der Waals surface area contributed by atoms with E-state index in [1.807, 2.05) is 0 Å². The number of nitrogen functional groups attached to an aromatic ring is 1. The van der Waals surface area contributed by atoms with Gasteiger partial charge in [0.2, 0.25) is 11.9 Å². The second kappa shape index (κ2) is 10.9. The topological polar surface area (TPSA) is 163 Å². The van der Waals surface area contributed by atoms with Gasteiger partial charge < -0.3 is 20.5 Å². The van der Waals surface area contributed by atoms with Gasteiger partial charge in [0.1, 0.15) is 22.7 Å². The Morgan fingerprint density at radius 1 is 1.14 bits per heavy atom. The van der Waals surface area contributed by atoms with E-state index in [4.69, 9.17) is 38.4 Å². The Balaban J connectivity index is 1.64. The average Bonchev–Trinajstić information content (AvgIpc) is 3.42. The molecule has 1 fully saturated rings. The van der Waals surface area contributed by atoms with Crippen LogP contribution in [0.2, 0.25) is 10.0 Å². The molecular weight excluding hydrogens is 594 g/mol. The molecule has 2 aliphatic rings. The molecule has 0 aromatic heterocycles. The van der Waals surface area contributed by atoms with E-state index in [0.717, 1.165) is 0 Å². The predicted molar refractivity (Wildman–Crippen MR) is 151 cm³/mol. The Morgan fingerprint density at radius 2 is 1.88 bits per heavy atom. The Hall–Kier alpha value is -4.26. The van der Waals surface area contributed by atoms with Crippen molar-refractivity contribution in [1.29, 1.82) is 0 Å². The Bertz CT molecular complexity index is 1670. The Kier molecular flexibility index (Phi) is 7.56. The number of nitro groups is 1. The molecule has 1 amide bonds. The molecule has 0 bridgehead atoms. The van der Waals surface area contributed by atoms with Gasteiger partial charge in [-0.3, -0.25) is 25.0 Å². The number of hydrogen-bond acceptors (Lipinski definition) is 9. The Morgan fingerprint density at radius 3 is 2.55 bits per heavy atom. The molecule has 1 spiro atoms. The molecule has 2 aliphatic heterocycles. The van der Waals surface area contributed by atoms with Crippen molar-refractivity contribution in [2.75, 3.05) is 25.3 Å². The summed E-state index contributed by atoms with van der Waals surface area (Å²) in [7, 11) is 2.45. The van der Waals surface area contributed by atoms with Crippen LogP contribution < -0.4 is 21.1 Å². The number of nitrogens with one attached hydrogen (secondary N) is 2. The first kappa shape index (κ1) is 29.2. The third-order valence-corrected chi connectivity index (χ3v) is 8.22. The summed E-state index contributed by atoms with van der Waals surface area (Å²) < 4.78 is 25.5. The van der Waals surface area contributed by atoms with Crippen LogP contribution in [-0.2, 0) is 15.1 Å². The minimum Gasteiger partial charge on any atom is -0.496 e. The number of ketones is 1. The quantitative estimate of drug-likeness (QED) is 0.115. The first-order chi connectivity index (χ1) is 19.9. The summed E-state index contributed by atoms with van der Waals surface area (Å²) in [5.74, 6) is -4.44. The van der Waals surface area contributed by atoms with E-state index in [9.17, 15) is 24.5 Å². The van der Waals surface area contributed by atoms with Crippen molar-refractivity contribution in [3.63, 3.8) is 0 Å². The molecule has 3 aromatic carbocycles. The van der Waals surface area contributed by atoms with E-state index in [0.29, 0.717) is 10.6 Å². The predicted octanol–water partition coefficient (Wildman–Crippen LogP) is 4.33. The summed E-state index contributed by atoms with van der Waals surface area (Å²) in [6.07, 6.45) is -0.521. The smallest absolute Gasteiger partial charge is 0.341 e. The highest BCUT2D eigenvalue weighted by Gasteiger charge is 2.67. The number of hydrogen-bond donors (Lipinski definition) is 3. The van der Waals surface area contributed by atoms with Gasteiger partial charge in [-0.1, -0.05) is 41.4 Å². The highest BCUT2D eigenvalue weighted by atomic mass is 35.5. The SMILES string of the molecule is COC(=O)c1cc(N)c(C(=O)C[C@@H]2N[C@@]3(C(=O)Nc4cc(Cl)ccc43)[C@@H](c3cccc(Cl)c3F)[C@@H]2[N+](=O)[O-])cc1OC. The van der Waals surface area contributed by atoms with E-state index in [2.05, 4.69) is 10.6 Å². The van der Waals surface area contributed by atoms with Crippen LogP contribution in [0.3, 0.4) is 0 Å². The van der Waals surface area contributed by atoms with Crippen LogP contribution in [0.4, 0.5) is 15.8 Å². The van der Waals surface area contributed by atoms with Gasteiger partial charge in [0.15, 0.2) is 5.78 Å². The fourth-order valence-corrected chi connectivity index (χ4v) is 6.27. The summed E-state index contributed by atoms with van der Waals surface area (Å²) in [6.45, 7) is 0. The summed E-state index contributed by atoms with van der Waals surface area (Å²) in [4.78, 5) is 51.5. The number of carbonyl (C=O) groups excluding carboxylic acids is 3. The van der Waals surface area contributed by atoms with Gasteiger partial charge in [0, 0.05) is 44.4 Å². The molecule has 14 heteroatoms. The molecule has 1 saturated heterocycles. The van der Waals surface area contributed by atoms with Gasteiger partial charge in [-0.15, -0.1) is 0 Å². The van der Waals surface area contributed by atoms with E-state index >= 15 is 4.39 Å². The lowest BCUT2D eigenvalue weighted by Crippen LogP contribution is -2.49. The number of ether oxygens (including phenoxy) is 2. The maximum absolute atomic E-state index is 15.5. The van der Waals surface area contributed by atoms with Gasteiger partial charge in [0.05, 0.1) is 31.2 Å². The van der Waals surface area contributed by atoms with E-state index in [1.54, 1.807) is 0 Å². The molecule has 218 valence electrons. The van der Waals surface area contributed by atoms with Crippen LogP contribution in [0.5, 0.6) is 5.75 Å². The van der Waals surface area contributed by atoms with Crippen molar-refractivity contribution in [2.45, 2.75) is 30.0 Å². The van der Waals surface area contributed by atoms with Crippen LogP contribution in [0.1, 0.15) is 44.2 Å². The fourth-order valence-electron chi connectivity index (χ4n) is 5.92. The summed E-state index contributed by atoms with van der Waals surface area (Å²) in [5, 5.41) is 18.4. The van der Waals surface area contributed by atoms with Gasteiger partial charge in [-0.05, 0) is 30.3 Å². The molecule has 0 saturated carbocycles. The maximum atomic E-state index is 15.5. The van der Waals surface area contributed by atoms with Crippen molar-refractivity contribution in [1.82, 2.24) is 5.32 Å². The lowest BCUT2D eigenvalue weighted by atomic mass is 9.74. The minimum atomic E-state index is -1.86. The monoisotopic (exact) mass is 616 g/mol. The number of rotatable bonds is 7. The largest absolute Gasteiger partial charge is 0.496 e. The molecule has 11 nitrogen and oxygen atoms in total. The van der Waals surface area contributed by atoms with Crippen molar-refractivity contribution in [2.24, 2.45) is 0 Å². The zero-order valence-electron chi connectivity index (χ0n) is 22.1. The lowest BCUT2D eigenvalue weighted by molar-refractivity contribution is -0.526. The van der Waals surface area contributed by atoms with Crippen molar-refractivity contribution >= 4 is 52.2 Å². The maximum Gasteiger partial charge on any atom is 0.341 e. The number of carbonyl (C=O) groups is 3. The number of Topliss-reactive ketones (excluding diaryl/α,β-unsaturated/α-hetero) is 1. The normalized spacial score (nSPS) is 22.5. The van der Waals surface area contributed by atoms with Crippen molar-refractivity contribution in [3.05, 3.63) is 96.8 Å². The number of amides is 1. The summed E-state index contributed by atoms with van der Waals surface area (Å²) >= 11 is 12.2. The zero-order valence-corrected chi connectivity index (χ0v) is 23.6. The highest BCUT2D eigenvalue weighted by molar-refractivity contribution is 6.31. The number of fused-ring (bicyclic) bond motifs is 2. The van der Waals surface area contributed by atoms with Gasteiger partial charge in [-0.25, -0.2) is 9.18 Å². The van der Waals surface area contributed by atoms with Crippen LogP contribution in [0.25, 0.3) is 0 Å². The van der Waals surface area contributed by atoms with Crippen LogP contribution in [0.15, 0.2) is 48.5 Å². The molecule has 3 aromatic rings. The number of nitrogens with two attached hydrogens (primary N) is 1. The van der Waals surface area contributed by atoms with E-state index in [1.165, 1.54) is 62.8 Å². The molecule has 4 atom stereocenters. The third kappa shape index (κ3) is 4.52. The third-order valence-electron chi connectivity index (χ3n) is 7.69. The molecular formula is C28H23Cl2FN4O7. The number of nitrogens with zero attached hydrogens (tertiary/aromatic N) is 1. The van der Waals surface area contributed by atoms with Gasteiger partial charge in [0.25, 0.3) is 0 Å². The van der Waals surface area contributed by atoms with Crippen molar-refractivity contribution < 1.29 is 33.2 Å². The molecule has 2 heterocycles. The Labute approximate surface area is 248 Å².